The van der Waals surface area contributed by atoms with Gasteiger partial charge in [-0.2, -0.15) is 4.98 Å². The number of rotatable bonds is 8. The minimum atomic E-state index is 0. The van der Waals surface area contributed by atoms with Gasteiger partial charge in [0.1, 0.15) is 11.3 Å². The molecule has 2 N–H and O–H groups in total. The van der Waals surface area contributed by atoms with Crippen molar-refractivity contribution in [2.45, 2.75) is 26.4 Å². The Morgan fingerprint density at radius 1 is 1.12 bits per heavy atom. The molecule has 1 aromatic heterocycles. The SMILES string of the molecule is COc1ccc2nc(NC(C[NH+]3CCN(Cc4ccc(Cl)c(Cl)c4)CC3)C(C)C)oc2c1.[Cl-]. The summed E-state index contributed by atoms with van der Waals surface area (Å²) in [6, 6.07) is 12.4. The molecular weight excluding hydrogens is 483 g/mol. The summed E-state index contributed by atoms with van der Waals surface area (Å²) in [7, 11) is 1.65. The number of piperazine rings is 1. The van der Waals surface area contributed by atoms with Crippen molar-refractivity contribution in [3.05, 3.63) is 52.0 Å². The Morgan fingerprint density at radius 2 is 1.88 bits per heavy atom. The van der Waals surface area contributed by atoms with E-state index in [2.05, 4.69) is 35.1 Å². The molecule has 9 heteroatoms. The van der Waals surface area contributed by atoms with Crippen LogP contribution in [0.3, 0.4) is 0 Å². The number of nitrogens with zero attached hydrogens (tertiary/aromatic N) is 2. The van der Waals surface area contributed by atoms with Gasteiger partial charge < -0.3 is 31.8 Å². The summed E-state index contributed by atoms with van der Waals surface area (Å²) in [4.78, 5) is 8.68. The van der Waals surface area contributed by atoms with Gasteiger partial charge in [0, 0.05) is 25.7 Å². The number of aromatic nitrogens is 1. The molecule has 0 aliphatic carbocycles. The Balaban J connectivity index is 0.00000306. The second kappa shape index (κ2) is 11.6. The Kier molecular flexibility index (Phi) is 9.13. The lowest BCUT2D eigenvalue weighted by Gasteiger charge is -2.34. The molecule has 0 bridgehead atoms. The minimum Gasteiger partial charge on any atom is -1.00 e. The zero-order valence-corrected chi connectivity index (χ0v) is 21.5. The molecule has 0 saturated carbocycles. The van der Waals surface area contributed by atoms with Gasteiger partial charge in [0.2, 0.25) is 0 Å². The van der Waals surface area contributed by atoms with E-state index in [0.29, 0.717) is 22.0 Å². The third-order valence-electron chi connectivity index (χ3n) is 6.17. The van der Waals surface area contributed by atoms with Gasteiger partial charge >= 0.3 is 0 Å². The molecule has 3 aromatic rings. The first-order chi connectivity index (χ1) is 15.4. The van der Waals surface area contributed by atoms with Crippen molar-refractivity contribution in [2.24, 2.45) is 5.92 Å². The monoisotopic (exact) mass is 512 g/mol. The Labute approximate surface area is 211 Å². The topological polar surface area (TPSA) is 55.0 Å². The molecule has 180 valence electrons. The summed E-state index contributed by atoms with van der Waals surface area (Å²) < 4.78 is 11.2. The molecule has 1 unspecified atom stereocenters. The molecule has 0 amide bonds. The zero-order valence-electron chi connectivity index (χ0n) is 19.2. The summed E-state index contributed by atoms with van der Waals surface area (Å²) in [5.41, 5.74) is 2.77. The third kappa shape index (κ3) is 6.67. The van der Waals surface area contributed by atoms with Crippen LogP contribution in [0.4, 0.5) is 6.01 Å². The first kappa shape index (κ1) is 25.9. The lowest BCUT2D eigenvalue weighted by Crippen LogP contribution is -3.16. The molecule has 2 aromatic carbocycles. The number of oxazole rings is 1. The Bertz CT molecular complexity index is 1050. The average molecular weight is 514 g/mol. The summed E-state index contributed by atoms with van der Waals surface area (Å²) in [5.74, 6) is 1.23. The maximum atomic E-state index is 6.17. The highest BCUT2D eigenvalue weighted by Crippen LogP contribution is 2.25. The Morgan fingerprint density at radius 3 is 2.55 bits per heavy atom. The highest BCUT2D eigenvalue weighted by atomic mass is 35.5. The second-order valence-electron chi connectivity index (χ2n) is 8.83. The molecule has 1 saturated heterocycles. The smallest absolute Gasteiger partial charge is 0.296 e. The summed E-state index contributed by atoms with van der Waals surface area (Å²) >= 11 is 12.2. The Hall–Kier alpha value is -1.70. The quantitative estimate of drug-likeness (QED) is 0.470. The molecule has 4 rings (SSSR count). The van der Waals surface area contributed by atoms with Crippen LogP contribution in [0, 0.1) is 5.92 Å². The van der Waals surface area contributed by atoms with Gasteiger partial charge in [-0.05, 0) is 35.7 Å². The number of ether oxygens (including phenoxy) is 1. The normalized spacial score (nSPS) is 16.1. The van der Waals surface area contributed by atoms with Crippen molar-refractivity contribution in [2.75, 3.05) is 45.2 Å². The standard InChI is InChI=1S/C24H30Cl2N4O2.ClH/c1-16(2)22(28-24-27-21-7-5-18(31-3)13-23(21)32-24)15-30-10-8-29(9-11-30)14-17-4-6-19(25)20(26)12-17;/h4-7,12-13,16,22H,8-11,14-15H2,1-3H3,(H,27,28);1H. The summed E-state index contributed by atoms with van der Waals surface area (Å²) in [6.07, 6.45) is 0. The number of methoxy groups -OCH3 is 1. The predicted molar refractivity (Wildman–Crippen MR) is 130 cm³/mol. The summed E-state index contributed by atoms with van der Waals surface area (Å²) in [5, 5.41) is 4.76. The molecule has 1 aliphatic heterocycles. The lowest BCUT2D eigenvalue weighted by atomic mass is 10.0. The fourth-order valence-electron chi connectivity index (χ4n) is 4.14. The first-order valence-electron chi connectivity index (χ1n) is 11.1. The number of hydrogen-bond acceptors (Lipinski definition) is 5. The number of quaternary nitrogens is 1. The molecule has 33 heavy (non-hydrogen) atoms. The van der Waals surface area contributed by atoms with E-state index in [-0.39, 0.29) is 18.4 Å². The number of hydrogen-bond donors (Lipinski definition) is 2. The molecule has 0 spiro atoms. The van der Waals surface area contributed by atoms with E-state index in [9.17, 15) is 0 Å². The average Bonchev–Trinajstić information content (AvgIpc) is 3.18. The van der Waals surface area contributed by atoms with Crippen molar-refractivity contribution in [1.82, 2.24) is 9.88 Å². The van der Waals surface area contributed by atoms with Crippen LogP contribution < -0.4 is 27.4 Å². The lowest BCUT2D eigenvalue weighted by molar-refractivity contribution is -0.905. The van der Waals surface area contributed by atoms with Crippen LogP contribution in [-0.4, -0.2) is 55.8 Å². The molecular formula is C24H31Cl3N4O2. The van der Waals surface area contributed by atoms with Gasteiger partial charge in [0.15, 0.2) is 5.58 Å². The van der Waals surface area contributed by atoms with Crippen LogP contribution in [-0.2, 0) is 6.54 Å². The van der Waals surface area contributed by atoms with E-state index in [4.69, 9.17) is 32.4 Å². The molecule has 2 heterocycles. The van der Waals surface area contributed by atoms with Gasteiger partial charge in [0.05, 0.1) is 42.8 Å². The highest BCUT2D eigenvalue weighted by molar-refractivity contribution is 6.42. The zero-order chi connectivity index (χ0) is 22.7. The third-order valence-corrected chi connectivity index (χ3v) is 6.91. The molecule has 1 fully saturated rings. The van der Waals surface area contributed by atoms with E-state index in [1.807, 2.05) is 30.3 Å². The molecule has 1 aliphatic rings. The molecule has 6 nitrogen and oxygen atoms in total. The molecule has 1 atom stereocenters. The summed E-state index contributed by atoms with van der Waals surface area (Å²) in [6.45, 7) is 10.7. The van der Waals surface area contributed by atoms with E-state index < -0.39 is 0 Å². The maximum Gasteiger partial charge on any atom is 0.296 e. The van der Waals surface area contributed by atoms with Gasteiger partial charge in [-0.3, -0.25) is 4.90 Å². The number of anilines is 1. The van der Waals surface area contributed by atoms with Gasteiger partial charge in [0.25, 0.3) is 6.01 Å². The highest BCUT2D eigenvalue weighted by Gasteiger charge is 2.26. The predicted octanol–water partition coefficient (Wildman–Crippen LogP) is 0.984. The van der Waals surface area contributed by atoms with Crippen LogP contribution in [0.25, 0.3) is 11.1 Å². The number of benzene rings is 2. The van der Waals surface area contributed by atoms with Gasteiger partial charge in [-0.15, -0.1) is 0 Å². The van der Waals surface area contributed by atoms with Crippen LogP contribution >= 0.6 is 23.2 Å². The molecule has 0 radical (unpaired) electrons. The van der Waals surface area contributed by atoms with Crippen molar-refractivity contribution >= 4 is 40.3 Å². The van der Waals surface area contributed by atoms with Gasteiger partial charge in [-0.1, -0.05) is 43.1 Å². The second-order valence-corrected chi connectivity index (χ2v) is 9.64. The minimum absolute atomic E-state index is 0. The number of fused-ring (bicyclic) bond motifs is 1. The fraction of sp³-hybridized carbons (Fsp3) is 0.458. The number of halogens is 3. The van der Waals surface area contributed by atoms with Gasteiger partial charge in [-0.25, -0.2) is 0 Å². The number of nitrogens with one attached hydrogen (secondary N) is 2. The van der Waals surface area contributed by atoms with E-state index >= 15 is 0 Å². The largest absolute Gasteiger partial charge is 1.00 e. The van der Waals surface area contributed by atoms with Crippen molar-refractivity contribution < 1.29 is 26.5 Å². The first-order valence-corrected chi connectivity index (χ1v) is 11.9. The van der Waals surface area contributed by atoms with Crippen molar-refractivity contribution in [3.8, 4) is 5.75 Å². The van der Waals surface area contributed by atoms with E-state index in [1.165, 1.54) is 5.56 Å². The van der Waals surface area contributed by atoms with Crippen LogP contribution in [0.1, 0.15) is 19.4 Å². The van der Waals surface area contributed by atoms with Crippen molar-refractivity contribution in [3.63, 3.8) is 0 Å². The van der Waals surface area contributed by atoms with Crippen molar-refractivity contribution in [1.29, 1.82) is 0 Å². The maximum absolute atomic E-state index is 6.17. The fourth-order valence-corrected chi connectivity index (χ4v) is 4.47. The van der Waals surface area contributed by atoms with E-state index in [1.54, 1.807) is 12.0 Å². The van der Waals surface area contributed by atoms with E-state index in [0.717, 1.165) is 56.1 Å². The van der Waals surface area contributed by atoms with Crippen LogP contribution in [0.15, 0.2) is 40.8 Å². The van der Waals surface area contributed by atoms with Crippen LogP contribution in [0.2, 0.25) is 10.0 Å². The van der Waals surface area contributed by atoms with Crippen LogP contribution in [0.5, 0.6) is 5.75 Å².